The standard InChI is InChI=1S/C24H22N4O.CH4/c1-3-16-4-7-19(8-5-16)24(29)26-20-11-9-18(10-12-20)23-27-21-13-6-17(15-25)14-22(21)28(23)2;/h3-11,13-14,20,23,27H,1,12H2,2H3,(H,26,29);1H4. The topological polar surface area (TPSA) is 68.2 Å². The molecule has 1 aliphatic heterocycles. The minimum Gasteiger partial charge on any atom is -0.360 e. The van der Waals surface area contributed by atoms with Gasteiger partial charge in [-0.3, -0.25) is 4.79 Å². The second-order valence-corrected chi connectivity index (χ2v) is 7.21. The number of amides is 1. The van der Waals surface area contributed by atoms with Crippen LogP contribution in [0.4, 0.5) is 11.4 Å². The minimum atomic E-state index is -0.0836. The zero-order chi connectivity index (χ0) is 20.4. The van der Waals surface area contributed by atoms with Crippen molar-refractivity contribution in [2.45, 2.75) is 26.1 Å². The van der Waals surface area contributed by atoms with Crippen molar-refractivity contribution >= 4 is 23.4 Å². The van der Waals surface area contributed by atoms with E-state index in [1.165, 1.54) is 0 Å². The first-order valence-electron chi connectivity index (χ1n) is 9.54. The number of nitrogens with one attached hydrogen (secondary N) is 2. The predicted octanol–water partition coefficient (Wildman–Crippen LogP) is 4.71. The molecule has 1 heterocycles. The maximum atomic E-state index is 12.5. The highest BCUT2D eigenvalue weighted by Gasteiger charge is 2.29. The van der Waals surface area contributed by atoms with Gasteiger partial charge in [-0.15, -0.1) is 0 Å². The number of fused-ring (bicyclic) bond motifs is 1. The molecule has 5 nitrogen and oxygen atoms in total. The molecule has 2 aliphatic rings. The Morgan fingerprint density at radius 3 is 2.70 bits per heavy atom. The number of anilines is 2. The summed E-state index contributed by atoms with van der Waals surface area (Å²) in [6.07, 6.45) is 8.74. The Kier molecular flexibility index (Phi) is 6.08. The Balaban J connectivity index is 0.00000256. The fraction of sp³-hybridized carbons (Fsp3) is 0.200. The van der Waals surface area contributed by atoms with E-state index >= 15 is 0 Å². The molecule has 0 bridgehead atoms. The van der Waals surface area contributed by atoms with E-state index in [1.807, 2.05) is 55.6 Å². The largest absolute Gasteiger partial charge is 0.360 e. The van der Waals surface area contributed by atoms with Gasteiger partial charge in [0, 0.05) is 12.6 Å². The summed E-state index contributed by atoms with van der Waals surface area (Å²) in [5.74, 6) is -0.0836. The number of likely N-dealkylation sites (N-methyl/N-ethyl adjacent to an activating group) is 1. The molecule has 30 heavy (non-hydrogen) atoms. The number of hydrogen-bond donors (Lipinski definition) is 2. The molecule has 2 aromatic rings. The lowest BCUT2D eigenvalue weighted by Gasteiger charge is -2.26. The Hall–Kier alpha value is -3.78. The van der Waals surface area contributed by atoms with Crippen LogP contribution in [0, 0.1) is 11.3 Å². The van der Waals surface area contributed by atoms with Crippen LogP contribution in [-0.2, 0) is 0 Å². The minimum absolute atomic E-state index is 0. The van der Waals surface area contributed by atoms with Crippen molar-refractivity contribution in [1.29, 1.82) is 5.26 Å². The highest BCUT2D eigenvalue weighted by atomic mass is 16.1. The van der Waals surface area contributed by atoms with Crippen LogP contribution in [0.5, 0.6) is 0 Å². The van der Waals surface area contributed by atoms with Crippen LogP contribution in [0.25, 0.3) is 6.08 Å². The Morgan fingerprint density at radius 2 is 2.07 bits per heavy atom. The van der Waals surface area contributed by atoms with Crippen molar-refractivity contribution in [2.75, 3.05) is 17.3 Å². The lowest BCUT2D eigenvalue weighted by atomic mass is 10.00. The Labute approximate surface area is 178 Å². The summed E-state index contributed by atoms with van der Waals surface area (Å²) in [4.78, 5) is 14.6. The first-order valence-corrected chi connectivity index (χ1v) is 9.54. The summed E-state index contributed by atoms with van der Waals surface area (Å²) < 4.78 is 0. The number of nitriles is 1. The molecular weight excluding hydrogens is 372 g/mol. The fourth-order valence-corrected chi connectivity index (χ4v) is 3.67. The highest BCUT2D eigenvalue weighted by molar-refractivity contribution is 5.94. The fourth-order valence-electron chi connectivity index (χ4n) is 3.67. The summed E-state index contributed by atoms with van der Waals surface area (Å²) in [5, 5.41) is 15.7. The van der Waals surface area contributed by atoms with Crippen LogP contribution in [0.2, 0.25) is 0 Å². The quantitative estimate of drug-likeness (QED) is 0.783. The smallest absolute Gasteiger partial charge is 0.251 e. The molecule has 4 rings (SSSR count). The number of benzene rings is 2. The summed E-state index contributed by atoms with van der Waals surface area (Å²) in [6, 6.07) is 15.2. The lowest BCUT2D eigenvalue weighted by molar-refractivity contribution is 0.0944. The average Bonchev–Trinajstić information content (AvgIpc) is 3.10. The zero-order valence-corrected chi connectivity index (χ0v) is 16.2. The van der Waals surface area contributed by atoms with E-state index in [4.69, 9.17) is 5.26 Å². The number of carbonyl (C=O) groups is 1. The van der Waals surface area contributed by atoms with Gasteiger partial charge < -0.3 is 15.5 Å². The van der Waals surface area contributed by atoms with Crippen molar-refractivity contribution in [1.82, 2.24) is 5.32 Å². The third-order valence-corrected chi connectivity index (χ3v) is 5.36. The molecule has 2 N–H and O–H groups in total. The van der Waals surface area contributed by atoms with Gasteiger partial charge in [0.25, 0.3) is 5.91 Å². The van der Waals surface area contributed by atoms with Gasteiger partial charge in [0.1, 0.15) is 6.17 Å². The van der Waals surface area contributed by atoms with Gasteiger partial charge in [0.2, 0.25) is 0 Å². The monoisotopic (exact) mass is 398 g/mol. The van der Waals surface area contributed by atoms with Crippen LogP contribution in [0.15, 0.2) is 72.8 Å². The SMILES string of the molecule is C.C=Cc1ccc(C(=O)NC2C=CC(C3Nc4ccc(C#N)cc4N3C)=CC2)cc1. The third-order valence-electron chi connectivity index (χ3n) is 5.36. The van der Waals surface area contributed by atoms with Crippen LogP contribution in [0.1, 0.15) is 35.3 Å². The van der Waals surface area contributed by atoms with E-state index in [1.54, 1.807) is 6.08 Å². The molecule has 1 amide bonds. The third kappa shape index (κ3) is 3.99. The molecular formula is C25H26N4O. The van der Waals surface area contributed by atoms with E-state index in [-0.39, 0.29) is 25.5 Å². The van der Waals surface area contributed by atoms with E-state index in [0.29, 0.717) is 11.1 Å². The first-order chi connectivity index (χ1) is 14.1. The highest BCUT2D eigenvalue weighted by Crippen LogP contribution is 2.37. The number of rotatable bonds is 4. The van der Waals surface area contributed by atoms with Crippen LogP contribution in [-0.4, -0.2) is 25.2 Å². The summed E-state index contributed by atoms with van der Waals surface area (Å²) in [6.45, 7) is 3.73. The van der Waals surface area contributed by atoms with Crippen molar-refractivity contribution in [3.8, 4) is 6.07 Å². The van der Waals surface area contributed by atoms with Crippen LogP contribution < -0.4 is 15.5 Å². The maximum Gasteiger partial charge on any atom is 0.251 e. The van der Waals surface area contributed by atoms with Gasteiger partial charge in [-0.25, -0.2) is 0 Å². The number of carbonyl (C=O) groups excluding carboxylic acids is 1. The average molecular weight is 399 g/mol. The number of nitrogens with zero attached hydrogens (tertiary/aromatic N) is 2. The van der Waals surface area contributed by atoms with Crippen LogP contribution in [0.3, 0.4) is 0 Å². The summed E-state index contributed by atoms with van der Waals surface area (Å²) in [5.41, 5.74) is 5.45. The predicted molar refractivity (Wildman–Crippen MR) is 123 cm³/mol. The molecule has 2 atom stereocenters. The molecule has 0 aromatic heterocycles. The first kappa shape index (κ1) is 20.9. The van der Waals surface area contributed by atoms with Crippen LogP contribution >= 0.6 is 0 Å². The number of hydrogen-bond acceptors (Lipinski definition) is 4. The molecule has 0 radical (unpaired) electrons. The molecule has 5 heteroatoms. The Bertz CT molecular complexity index is 1060. The van der Waals surface area contributed by atoms with Gasteiger partial charge in [0.05, 0.1) is 29.0 Å². The van der Waals surface area contributed by atoms with Crippen molar-refractivity contribution in [3.63, 3.8) is 0 Å². The van der Waals surface area contributed by atoms with E-state index in [0.717, 1.165) is 28.9 Å². The van der Waals surface area contributed by atoms with Gasteiger partial charge >= 0.3 is 0 Å². The summed E-state index contributed by atoms with van der Waals surface area (Å²) >= 11 is 0. The molecule has 0 saturated heterocycles. The van der Waals surface area contributed by atoms with Crippen molar-refractivity contribution in [2.24, 2.45) is 0 Å². The van der Waals surface area contributed by atoms with E-state index < -0.39 is 0 Å². The summed E-state index contributed by atoms with van der Waals surface area (Å²) in [7, 11) is 2.01. The lowest BCUT2D eigenvalue weighted by Crippen LogP contribution is -2.37. The van der Waals surface area contributed by atoms with Gasteiger partial charge in [-0.1, -0.05) is 50.4 Å². The molecule has 0 spiro atoms. The molecule has 2 aromatic carbocycles. The zero-order valence-electron chi connectivity index (χ0n) is 16.2. The second kappa shape index (κ2) is 8.71. The van der Waals surface area contributed by atoms with Gasteiger partial charge in [0.15, 0.2) is 0 Å². The van der Waals surface area contributed by atoms with Crippen molar-refractivity contribution < 1.29 is 4.79 Å². The van der Waals surface area contributed by atoms with Crippen molar-refractivity contribution in [3.05, 3.63) is 89.5 Å². The second-order valence-electron chi connectivity index (χ2n) is 7.21. The maximum absolute atomic E-state index is 12.5. The van der Waals surface area contributed by atoms with Gasteiger partial charge in [-0.2, -0.15) is 5.26 Å². The molecule has 2 unspecified atom stereocenters. The van der Waals surface area contributed by atoms with Gasteiger partial charge in [-0.05, 0) is 47.9 Å². The normalized spacial score (nSPS) is 18.9. The van der Waals surface area contributed by atoms with E-state index in [9.17, 15) is 4.79 Å². The molecule has 1 aliphatic carbocycles. The van der Waals surface area contributed by atoms with E-state index in [2.05, 4.69) is 40.3 Å². The molecule has 0 fully saturated rings. The Morgan fingerprint density at radius 1 is 1.30 bits per heavy atom. The molecule has 0 saturated carbocycles. The molecule has 152 valence electrons.